The molecular weight excluding hydrogens is 262 g/mol. The van der Waals surface area contributed by atoms with E-state index in [1.165, 1.54) is 30.3 Å². The van der Waals surface area contributed by atoms with Gasteiger partial charge in [0, 0.05) is 12.0 Å². The van der Waals surface area contributed by atoms with Gasteiger partial charge in [-0.25, -0.2) is 4.79 Å². The first kappa shape index (κ1) is 14.3. The van der Waals surface area contributed by atoms with Gasteiger partial charge in [-0.3, -0.25) is 0 Å². The highest BCUT2D eigenvalue weighted by atomic mass is 19.3. The predicted octanol–water partition coefficient (Wildman–Crippen LogP) is 3.98. The van der Waals surface area contributed by atoms with Crippen molar-refractivity contribution in [1.29, 1.82) is 0 Å². The number of rotatable bonds is 2. The van der Waals surface area contributed by atoms with Crippen LogP contribution in [0, 0.1) is 11.8 Å². The van der Waals surface area contributed by atoms with E-state index in [1.807, 2.05) is 5.92 Å². The highest BCUT2D eigenvalue weighted by molar-refractivity contribution is 5.87. The normalized spacial score (nSPS) is 19.6. The first-order valence-corrected chi connectivity index (χ1v) is 6.41. The number of allylic oxidation sites excluding steroid dienone is 1. The molecule has 1 aliphatic rings. The standard InChI is InChI=1S/C16H14F2O2/c17-16(18)10-4-2-1-3-5-14(16)11-12-6-8-13(9-7-12)15(19)20/h6-9,11H,1-3,5H2,(H,19,20)/b14-11+. The predicted molar refractivity (Wildman–Crippen MR) is 72.6 cm³/mol. The van der Waals surface area contributed by atoms with E-state index < -0.39 is 11.9 Å². The maximum atomic E-state index is 13.9. The third-order valence-electron chi connectivity index (χ3n) is 3.15. The van der Waals surface area contributed by atoms with Crippen molar-refractivity contribution in [2.45, 2.75) is 31.6 Å². The smallest absolute Gasteiger partial charge is 0.335 e. The van der Waals surface area contributed by atoms with Gasteiger partial charge in [0.25, 0.3) is 0 Å². The van der Waals surface area contributed by atoms with Crippen LogP contribution in [-0.4, -0.2) is 17.0 Å². The zero-order valence-electron chi connectivity index (χ0n) is 10.8. The molecule has 2 nitrogen and oxygen atoms in total. The molecule has 1 N–H and O–H groups in total. The molecule has 0 saturated carbocycles. The Hall–Kier alpha value is -2.15. The molecule has 1 aromatic rings. The Morgan fingerprint density at radius 2 is 1.95 bits per heavy atom. The molecule has 104 valence electrons. The number of hydrogen-bond donors (Lipinski definition) is 1. The lowest BCUT2D eigenvalue weighted by molar-refractivity contribution is 0.0696. The summed E-state index contributed by atoms with van der Waals surface area (Å²) in [5.41, 5.74) is 0.691. The largest absolute Gasteiger partial charge is 0.478 e. The number of hydrogen-bond acceptors (Lipinski definition) is 1. The fourth-order valence-electron chi connectivity index (χ4n) is 2.03. The maximum absolute atomic E-state index is 13.9. The number of alkyl halides is 2. The van der Waals surface area contributed by atoms with Crippen LogP contribution in [0.4, 0.5) is 8.78 Å². The quantitative estimate of drug-likeness (QED) is 0.829. The van der Waals surface area contributed by atoms with Gasteiger partial charge in [-0.1, -0.05) is 18.1 Å². The maximum Gasteiger partial charge on any atom is 0.335 e. The van der Waals surface area contributed by atoms with Crippen molar-refractivity contribution in [3.05, 3.63) is 41.0 Å². The summed E-state index contributed by atoms with van der Waals surface area (Å²) in [6.45, 7) is 0. The second kappa shape index (κ2) is 5.87. The van der Waals surface area contributed by atoms with E-state index in [4.69, 9.17) is 5.11 Å². The molecule has 4 heteroatoms. The summed E-state index contributed by atoms with van der Waals surface area (Å²) < 4.78 is 27.7. The van der Waals surface area contributed by atoms with Crippen LogP contribution >= 0.6 is 0 Å². The van der Waals surface area contributed by atoms with Crippen molar-refractivity contribution in [3.63, 3.8) is 0 Å². The molecule has 1 aromatic carbocycles. The lowest BCUT2D eigenvalue weighted by atomic mass is 9.96. The van der Waals surface area contributed by atoms with Crippen LogP contribution in [0.5, 0.6) is 0 Å². The van der Waals surface area contributed by atoms with E-state index in [2.05, 4.69) is 5.92 Å². The molecule has 0 radical (unpaired) electrons. The minimum atomic E-state index is -3.11. The molecule has 0 amide bonds. The summed E-state index contributed by atoms with van der Waals surface area (Å²) in [7, 11) is 0. The van der Waals surface area contributed by atoms with Gasteiger partial charge in [0.1, 0.15) is 0 Å². The minimum Gasteiger partial charge on any atom is -0.478 e. The van der Waals surface area contributed by atoms with Gasteiger partial charge >= 0.3 is 11.9 Å². The van der Waals surface area contributed by atoms with E-state index in [1.54, 1.807) is 0 Å². The number of carbonyl (C=O) groups is 1. The summed E-state index contributed by atoms with van der Waals surface area (Å²) >= 11 is 0. The van der Waals surface area contributed by atoms with Crippen LogP contribution in [0.1, 0.15) is 41.6 Å². The van der Waals surface area contributed by atoms with Crippen LogP contribution in [0.3, 0.4) is 0 Å². The van der Waals surface area contributed by atoms with E-state index in [0.717, 1.165) is 6.42 Å². The average molecular weight is 276 g/mol. The molecule has 0 atom stereocenters. The lowest BCUT2D eigenvalue weighted by Gasteiger charge is -2.16. The van der Waals surface area contributed by atoms with Gasteiger partial charge in [-0.05, 0) is 49.0 Å². The molecule has 0 aromatic heterocycles. The molecule has 0 aliphatic heterocycles. The van der Waals surface area contributed by atoms with Gasteiger partial charge in [-0.2, -0.15) is 8.78 Å². The van der Waals surface area contributed by atoms with Crippen LogP contribution in [-0.2, 0) is 0 Å². The average Bonchev–Trinajstić information content (AvgIpc) is 2.40. The number of carboxylic acids is 1. The van der Waals surface area contributed by atoms with Crippen molar-refractivity contribution in [3.8, 4) is 11.8 Å². The monoisotopic (exact) mass is 276 g/mol. The van der Waals surface area contributed by atoms with Crippen molar-refractivity contribution >= 4 is 12.0 Å². The Morgan fingerprint density at radius 3 is 2.60 bits per heavy atom. The van der Waals surface area contributed by atoms with Gasteiger partial charge in [0.2, 0.25) is 0 Å². The van der Waals surface area contributed by atoms with Crippen molar-refractivity contribution < 1.29 is 18.7 Å². The summed E-state index contributed by atoms with van der Waals surface area (Å²) in [6.07, 6.45) is 3.73. The SMILES string of the molecule is O=C(O)c1ccc(/C=C2\CCCCC#CC2(F)F)cc1. The van der Waals surface area contributed by atoms with Crippen LogP contribution in [0.2, 0.25) is 0 Å². The van der Waals surface area contributed by atoms with Crippen LogP contribution in [0.15, 0.2) is 29.8 Å². The molecule has 0 fully saturated rings. The molecule has 0 unspecified atom stereocenters. The van der Waals surface area contributed by atoms with E-state index >= 15 is 0 Å². The van der Waals surface area contributed by atoms with Crippen LogP contribution in [0.25, 0.3) is 6.08 Å². The van der Waals surface area contributed by atoms with E-state index in [9.17, 15) is 13.6 Å². The van der Waals surface area contributed by atoms with E-state index in [-0.39, 0.29) is 11.1 Å². The first-order valence-electron chi connectivity index (χ1n) is 6.41. The minimum absolute atomic E-state index is 0.00669. The second-order valence-electron chi connectivity index (χ2n) is 4.68. The first-order chi connectivity index (χ1) is 9.49. The molecular formula is C16H14F2O2. The molecule has 1 aliphatic carbocycles. The Labute approximate surface area is 116 Å². The summed E-state index contributed by atoms with van der Waals surface area (Å²) in [5.74, 6) is 0.373. The van der Waals surface area contributed by atoms with Crippen molar-refractivity contribution in [2.75, 3.05) is 0 Å². The molecule has 0 saturated heterocycles. The molecule has 20 heavy (non-hydrogen) atoms. The van der Waals surface area contributed by atoms with Crippen LogP contribution < -0.4 is 0 Å². The highest BCUT2D eigenvalue weighted by Gasteiger charge is 2.31. The molecule has 2 rings (SSSR count). The molecule has 0 heterocycles. The Morgan fingerprint density at radius 1 is 1.25 bits per heavy atom. The Kier molecular flexibility index (Phi) is 4.19. The number of halogens is 2. The van der Waals surface area contributed by atoms with Gasteiger partial charge in [-0.15, -0.1) is 0 Å². The highest BCUT2D eigenvalue weighted by Crippen LogP contribution is 2.31. The summed E-state index contributed by atoms with van der Waals surface area (Å²) in [5, 5.41) is 8.79. The molecule has 0 bridgehead atoms. The second-order valence-corrected chi connectivity index (χ2v) is 4.68. The van der Waals surface area contributed by atoms with Crippen molar-refractivity contribution in [2.24, 2.45) is 0 Å². The van der Waals surface area contributed by atoms with Gasteiger partial charge in [0.15, 0.2) is 0 Å². The fourth-order valence-corrected chi connectivity index (χ4v) is 2.03. The Bertz CT molecular complexity index is 589. The van der Waals surface area contributed by atoms with Gasteiger partial charge in [0.05, 0.1) is 5.56 Å². The zero-order chi connectivity index (χ0) is 14.6. The van der Waals surface area contributed by atoms with Crippen molar-refractivity contribution in [1.82, 2.24) is 0 Å². The zero-order valence-corrected chi connectivity index (χ0v) is 10.8. The third-order valence-corrected chi connectivity index (χ3v) is 3.15. The molecule has 0 spiro atoms. The third kappa shape index (κ3) is 3.45. The number of carboxylic acid groups (broad SMARTS) is 1. The van der Waals surface area contributed by atoms with E-state index in [0.29, 0.717) is 24.8 Å². The Balaban J connectivity index is 2.31. The number of aromatic carboxylic acids is 1. The summed E-state index contributed by atoms with van der Waals surface area (Å²) in [4.78, 5) is 10.7. The fraction of sp³-hybridized carbons (Fsp3) is 0.312. The number of benzene rings is 1. The lowest BCUT2D eigenvalue weighted by Crippen LogP contribution is -2.17. The summed E-state index contributed by atoms with van der Waals surface area (Å²) in [6, 6.07) is 5.86. The topological polar surface area (TPSA) is 37.3 Å². The van der Waals surface area contributed by atoms with Gasteiger partial charge < -0.3 is 5.11 Å².